The lowest BCUT2D eigenvalue weighted by Gasteiger charge is -2.40. The van der Waals surface area contributed by atoms with Gasteiger partial charge in [0.25, 0.3) is 0 Å². The number of fused-ring (bicyclic) bond motifs is 1. The van der Waals surface area contributed by atoms with Gasteiger partial charge < -0.3 is 25.5 Å². The number of aromatic nitrogens is 1. The Labute approximate surface area is 304 Å². The molecule has 1 fully saturated rings. The summed E-state index contributed by atoms with van der Waals surface area (Å²) in [4.78, 5) is 30.7. The summed E-state index contributed by atoms with van der Waals surface area (Å²) in [7, 11) is -2.99. The van der Waals surface area contributed by atoms with Gasteiger partial charge >= 0.3 is 6.09 Å². The predicted molar refractivity (Wildman–Crippen MR) is 195 cm³/mol. The molecule has 3 aromatic carbocycles. The van der Waals surface area contributed by atoms with Gasteiger partial charge in [0.05, 0.1) is 24.6 Å². The van der Waals surface area contributed by atoms with Gasteiger partial charge in [0.15, 0.2) is 0 Å². The SMILES string of the molecule is COC(=O)N[C@H](C(=O)NCc1ccc([C@@H](CCO)N(CC2CC(F)(F)C2)S(=O)(=O)c2ccc3cc[nH]c3c2)s1)C(c1ccccc1)c1ccccc1. The number of H-pyrrole nitrogens is 1. The van der Waals surface area contributed by atoms with Crippen molar-refractivity contribution in [3.05, 3.63) is 124 Å². The van der Waals surface area contributed by atoms with E-state index in [1.54, 1.807) is 24.4 Å². The number of sulfonamides is 1. The number of ether oxygens (including phenoxy) is 1. The topological polar surface area (TPSA) is 141 Å². The van der Waals surface area contributed by atoms with E-state index >= 15 is 0 Å². The van der Waals surface area contributed by atoms with Crippen LogP contribution in [-0.4, -0.2) is 67.0 Å². The third-order valence-corrected chi connectivity index (χ3v) is 12.4. The highest BCUT2D eigenvalue weighted by Gasteiger charge is 2.48. The zero-order valence-electron chi connectivity index (χ0n) is 28.4. The highest BCUT2D eigenvalue weighted by Crippen LogP contribution is 2.45. The fraction of sp³-hybridized carbons (Fsp3) is 0.316. The van der Waals surface area contributed by atoms with E-state index < -0.39 is 64.7 Å². The number of alkyl carbamates (subject to hydrolysis) is 1. The Balaban J connectivity index is 1.26. The summed E-state index contributed by atoms with van der Waals surface area (Å²) in [6, 6.07) is 26.8. The summed E-state index contributed by atoms with van der Waals surface area (Å²) >= 11 is 1.25. The largest absolute Gasteiger partial charge is 0.453 e. The smallest absolute Gasteiger partial charge is 0.407 e. The quantitative estimate of drug-likeness (QED) is 0.0956. The van der Waals surface area contributed by atoms with Gasteiger partial charge in [-0.15, -0.1) is 11.3 Å². The van der Waals surface area contributed by atoms with Crippen LogP contribution in [0.4, 0.5) is 13.6 Å². The van der Waals surface area contributed by atoms with Crippen LogP contribution < -0.4 is 10.6 Å². The average molecular weight is 751 g/mol. The summed E-state index contributed by atoms with van der Waals surface area (Å²) in [5.74, 6) is -4.43. The fourth-order valence-corrected chi connectivity index (χ4v) is 9.68. The van der Waals surface area contributed by atoms with Gasteiger partial charge in [-0.05, 0) is 59.2 Å². The number of alkyl halides is 2. The van der Waals surface area contributed by atoms with Gasteiger partial charge in [-0.1, -0.05) is 66.7 Å². The summed E-state index contributed by atoms with van der Waals surface area (Å²) in [6.45, 7) is -0.439. The molecule has 0 saturated heterocycles. The maximum atomic E-state index is 14.3. The minimum Gasteiger partial charge on any atom is -0.453 e. The molecule has 4 N–H and O–H groups in total. The van der Waals surface area contributed by atoms with Crippen molar-refractivity contribution in [1.82, 2.24) is 19.9 Å². The number of thiophene rings is 1. The molecule has 0 aliphatic heterocycles. The van der Waals surface area contributed by atoms with Crippen molar-refractivity contribution < 1.29 is 36.6 Å². The molecule has 1 aliphatic rings. The standard InChI is InChI=1S/C38H40F2N4O6S2/c1-50-37(47)43-35(34(27-8-4-2-5-9-27)28-10-6-3-7-11-28)36(46)42-23-29-13-15-33(51-29)32(17-19-45)44(24-25-21-38(39,40)22-25)52(48,49)30-14-12-26-16-18-41-31(26)20-30/h2-16,18,20,25,32,34-35,41,45H,17,19,21-24H2,1H3,(H,42,46)(H,43,47)/t32-,35+/m1/s1. The summed E-state index contributed by atoms with van der Waals surface area (Å²) in [5, 5.41) is 16.6. The van der Waals surface area contributed by atoms with E-state index in [0.29, 0.717) is 15.3 Å². The first-order valence-corrected chi connectivity index (χ1v) is 19.1. The molecular weight excluding hydrogens is 711 g/mol. The van der Waals surface area contributed by atoms with E-state index in [1.807, 2.05) is 66.7 Å². The minimum atomic E-state index is -4.21. The number of halogens is 2. The Morgan fingerprint density at radius 2 is 1.67 bits per heavy atom. The molecule has 52 heavy (non-hydrogen) atoms. The van der Waals surface area contributed by atoms with Crippen molar-refractivity contribution in [1.29, 1.82) is 0 Å². The van der Waals surface area contributed by atoms with Gasteiger partial charge in [0, 0.05) is 53.4 Å². The first-order valence-electron chi connectivity index (χ1n) is 16.9. The lowest BCUT2D eigenvalue weighted by Crippen LogP contribution is -2.50. The minimum absolute atomic E-state index is 0.0102. The monoisotopic (exact) mass is 750 g/mol. The number of nitrogens with one attached hydrogen (secondary N) is 3. The molecule has 10 nitrogen and oxygen atoms in total. The van der Waals surface area contributed by atoms with Crippen molar-refractivity contribution in [2.75, 3.05) is 20.3 Å². The molecule has 1 aliphatic carbocycles. The average Bonchev–Trinajstić information content (AvgIpc) is 3.81. The molecule has 274 valence electrons. The molecule has 5 aromatic rings. The van der Waals surface area contributed by atoms with Crippen LogP contribution in [0.25, 0.3) is 10.9 Å². The number of methoxy groups -OCH3 is 1. The first-order chi connectivity index (χ1) is 25.0. The van der Waals surface area contributed by atoms with Crippen molar-refractivity contribution in [3.8, 4) is 0 Å². The van der Waals surface area contributed by atoms with Gasteiger partial charge in [0.1, 0.15) is 6.04 Å². The van der Waals surface area contributed by atoms with E-state index in [0.717, 1.165) is 16.5 Å². The maximum absolute atomic E-state index is 14.3. The first kappa shape index (κ1) is 37.1. The van der Waals surface area contributed by atoms with Crippen LogP contribution in [0.1, 0.15) is 52.1 Å². The zero-order chi connectivity index (χ0) is 36.9. The number of carbonyl (C=O) groups excluding carboxylic acids is 2. The Bertz CT molecular complexity index is 2040. The van der Waals surface area contributed by atoms with Crippen molar-refractivity contribution in [2.24, 2.45) is 5.92 Å². The van der Waals surface area contributed by atoms with E-state index in [2.05, 4.69) is 15.6 Å². The number of nitrogens with zero attached hydrogens (tertiary/aromatic N) is 1. The molecule has 2 aromatic heterocycles. The number of hydrogen-bond donors (Lipinski definition) is 4. The summed E-state index contributed by atoms with van der Waals surface area (Å²) < 4.78 is 62.5. The number of amides is 2. The number of aromatic amines is 1. The lowest BCUT2D eigenvalue weighted by atomic mass is 9.81. The van der Waals surface area contributed by atoms with Gasteiger partial charge in [0.2, 0.25) is 21.9 Å². The van der Waals surface area contributed by atoms with Gasteiger partial charge in [-0.2, -0.15) is 4.31 Å². The van der Waals surface area contributed by atoms with Crippen molar-refractivity contribution in [3.63, 3.8) is 0 Å². The van der Waals surface area contributed by atoms with Crippen LogP contribution in [0.5, 0.6) is 0 Å². The molecule has 0 unspecified atom stereocenters. The molecule has 1 saturated carbocycles. The zero-order valence-corrected chi connectivity index (χ0v) is 30.0. The van der Waals surface area contributed by atoms with Crippen LogP contribution in [-0.2, 0) is 26.1 Å². The molecule has 0 bridgehead atoms. The number of aliphatic hydroxyl groups excluding tert-OH is 1. The summed E-state index contributed by atoms with van der Waals surface area (Å²) in [6.07, 6.45) is 0.113. The number of carbonyl (C=O) groups is 2. The van der Waals surface area contributed by atoms with E-state index in [4.69, 9.17) is 4.74 Å². The number of benzene rings is 3. The van der Waals surface area contributed by atoms with Crippen LogP contribution in [0.3, 0.4) is 0 Å². The molecule has 2 heterocycles. The van der Waals surface area contributed by atoms with Crippen LogP contribution in [0, 0.1) is 5.92 Å². The Hall–Kier alpha value is -4.63. The van der Waals surface area contributed by atoms with Crippen LogP contribution >= 0.6 is 11.3 Å². The van der Waals surface area contributed by atoms with Crippen molar-refractivity contribution >= 4 is 44.3 Å². The van der Waals surface area contributed by atoms with Crippen molar-refractivity contribution in [2.45, 2.75) is 54.6 Å². The second-order valence-corrected chi connectivity index (χ2v) is 16.0. The Morgan fingerprint density at radius 1 is 1.00 bits per heavy atom. The van der Waals surface area contributed by atoms with Crippen LogP contribution in [0.2, 0.25) is 0 Å². The predicted octanol–water partition coefficient (Wildman–Crippen LogP) is 6.56. The number of rotatable bonds is 15. The second-order valence-electron chi connectivity index (χ2n) is 12.9. The number of aliphatic hydroxyl groups is 1. The molecular formula is C38H40F2N4O6S2. The fourth-order valence-electron chi connectivity index (χ4n) is 6.77. The van der Waals surface area contributed by atoms with E-state index in [1.165, 1.54) is 34.9 Å². The highest BCUT2D eigenvalue weighted by atomic mass is 32.2. The highest BCUT2D eigenvalue weighted by molar-refractivity contribution is 7.89. The Morgan fingerprint density at radius 3 is 2.29 bits per heavy atom. The molecule has 2 atom stereocenters. The lowest BCUT2D eigenvalue weighted by molar-refractivity contribution is -0.123. The Kier molecular flexibility index (Phi) is 11.4. The third-order valence-electron chi connectivity index (χ3n) is 9.34. The normalized spacial score (nSPS) is 15.7. The molecule has 14 heteroatoms. The molecule has 0 radical (unpaired) electrons. The van der Waals surface area contributed by atoms with E-state index in [9.17, 15) is 31.9 Å². The maximum Gasteiger partial charge on any atom is 0.407 e. The van der Waals surface area contributed by atoms with Crippen LogP contribution in [0.15, 0.2) is 108 Å². The summed E-state index contributed by atoms with van der Waals surface area (Å²) in [5.41, 5.74) is 2.22. The van der Waals surface area contributed by atoms with Gasteiger partial charge in [-0.25, -0.2) is 22.0 Å². The molecule has 0 spiro atoms. The molecule has 6 rings (SSSR count). The third kappa shape index (κ3) is 8.36. The number of hydrogen-bond acceptors (Lipinski definition) is 7. The van der Waals surface area contributed by atoms with Gasteiger partial charge in [-0.3, -0.25) is 4.79 Å². The van der Waals surface area contributed by atoms with E-state index in [-0.39, 0.29) is 31.0 Å². The second kappa shape index (κ2) is 15.9. The molecule has 2 amide bonds.